The van der Waals surface area contributed by atoms with Crippen molar-refractivity contribution in [2.75, 3.05) is 0 Å². The predicted octanol–water partition coefficient (Wildman–Crippen LogP) is 0.968. The molecule has 0 fully saturated rings. The molecule has 2 aromatic rings. The Morgan fingerprint density at radius 3 is 3.11 bits per heavy atom. The molecule has 6 nitrogen and oxygen atoms in total. The first kappa shape index (κ1) is 12.0. The summed E-state index contributed by atoms with van der Waals surface area (Å²) in [5, 5.41) is 3.04. The van der Waals surface area contributed by atoms with E-state index in [1.54, 1.807) is 6.20 Å². The minimum absolute atomic E-state index is 0.0918. The number of imidazole rings is 2. The van der Waals surface area contributed by atoms with Gasteiger partial charge in [-0.2, -0.15) is 0 Å². The van der Waals surface area contributed by atoms with Crippen molar-refractivity contribution >= 4 is 5.91 Å². The summed E-state index contributed by atoms with van der Waals surface area (Å²) in [6.07, 6.45) is 5.43. The highest BCUT2D eigenvalue weighted by Crippen LogP contribution is 2.15. The van der Waals surface area contributed by atoms with Crippen molar-refractivity contribution in [3.8, 4) is 0 Å². The Morgan fingerprint density at radius 1 is 1.53 bits per heavy atom. The van der Waals surface area contributed by atoms with Crippen LogP contribution in [0, 0.1) is 13.8 Å². The molecule has 0 bridgehead atoms. The van der Waals surface area contributed by atoms with Gasteiger partial charge in [0.25, 0.3) is 5.91 Å². The number of hydrogen-bond donors (Lipinski definition) is 2. The number of amides is 1. The highest BCUT2D eigenvalue weighted by Gasteiger charge is 2.22. The molecule has 6 heteroatoms. The molecule has 1 aliphatic rings. The van der Waals surface area contributed by atoms with E-state index in [9.17, 15) is 4.79 Å². The highest BCUT2D eigenvalue weighted by molar-refractivity contribution is 5.92. The van der Waals surface area contributed by atoms with Crippen molar-refractivity contribution in [2.45, 2.75) is 39.3 Å². The van der Waals surface area contributed by atoms with E-state index >= 15 is 0 Å². The monoisotopic (exact) mass is 259 g/mol. The Kier molecular flexibility index (Phi) is 2.85. The van der Waals surface area contributed by atoms with Crippen molar-refractivity contribution in [1.82, 2.24) is 24.8 Å². The van der Waals surface area contributed by atoms with Crippen LogP contribution in [0.5, 0.6) is 0 Å². The molecule has 3 heterocycles. The van der Waals surface area contributed by atoms with Gasteiger partial charge in [0, 0.05) is 25.2 Å². The number of aryl methyl sites for hydroxylation is 3. The smallest absolute Gasteiger partial charge is 0.269 e. The lowest BCUT2D eigenvalue weighted by molar-refractivity contribution is 0.0923. The van der Waals surface area contributed by atoms with E-state index in [1.165, 1.54) is 0 Å². The van der Waals surface area contributed by atoms with Gasteiger partial charge in [-0.15, -0.1) is 0 Å². The molecule has 1 amide bonds. The van der Waals surface area contributed by atoms with E-state index in [4.69, 9.17) is 0 Å². The summed E-state index contributed by atoms with van der Waals surface area (Å²) in [4.78, 5) is 23.5. The van der Waals surface area contributed by atoms with Crippen molar-refractivity contribution in [3.05, 3.63) is 35.4 Å². The maximum atomic E-state index is 12.0. The van der Waals surface area contributed by atoms with Crippen molar-refractivity contribution in [2.24, 2.45) is 0 Å². The maximum Gasteiger partial charge on any atom is 0.269 e. The third kappa shape index (κ3) is 2.38. The molecule has 100 valence electrons. The number of nitrogens with zero attached hydrogens (tertiary/aromatic N) is 3. The van der Waals surface area contributed by atoms with Gasteiger partial charge in [-0.05, 0) is 20.3 Å². The van der Waals surface area contributed by atoms with E-state index in [0.717, 1.165) is 36.7 Å². The first-order valence-electron chi connectivity index (χ1n) is 6.47. The van der Waals surface area contributed by atoms with Crippen LogP contribution in [0.3, 0.4) is 0 Å². The number of aromatic nitrogens is 4. The first-order valence-corrected chi connectivity index (χ1v) is 6.47. The second-order valence-electron chi connectivity index (χ2n) is 5.04. The standard InChI is InChI=1S/C13H17N5O/c1-8-6-18-7-10(3-4-12(18)15-8)17-13(19)11-5-14-9(2)16-11/h5-6,10H,3-4,7H2,1-2H3,(H,14,16)(H,17,19)/t10-/m0/s1. The maximum absolute atomic E-state index is 12.0. The summed E-state index contributed by atoms with van der Waals surface area (Å²) in [5.41, 5.74) is 1.55. The Bertz CT molecular complexity index is 612. The summed E-state index contributed by atoms with van der Waals surface area (Å²) in [6, 6.07) is 0.150. The van der Waals surface area contributed by atoms with Gasteiger partial charge in [0.05, 0.1) is 11.9 Å². The minimum Gasteiger partial charge on any atom is -0.346 e. The zero-order chi connectivity index (χ0) is 13.4. The van der Waals surface area contributed by atoms with Crippen LogP contribution in [-0.2, 0) is 13.0 Å². The van der Waals surface area contributed by atoms with Gasteiger partial charge < -0.3 is 14.9 Å². The topological polar surface area (TPSA) is 75.6 Å². The fourth-order valence-corrected chi connectivity index (χ4v) is 2.50. The first-order chi connectivity index (χ1) is 9.11. The third-order valence-electron chi connectivity index (χ3n) is 3.40. The molecular weight excluding hydrogens is 242 g/mol. The Morgan fingerprint density at radius 2 is 2.37 bits per heavy atom. The lowest BCUT2D eigenvalue weighted by Gasteiger charge is -2.24. The lowest BCUT2D eigenvalue weighted by Crippen LogP contribution is -2.41. The Balaban J connectivity index is 1.67. The summed E-state index contributed by atoms with van der Waals surface area (Å²) in [6.45, 7) is 4.61. The van der Waals surface area contributed by atoms with Crippen LogP contribution in [0.1, 0.15) is 34.3 Å². The number of nitrogens with one attached hydrogen (secondary N) is 2. The molecule has 0 saturated carbocycles. The molecule has 0 aromatic carbocycles. The van der Waals surface area contributed by atoms with E-state index in [-0.39, 0.29) is 11.9 Å². The zero-order valence-corrected chi connectivity index (χ0v) is 11.1. The van der Waals surface area contributed by atoms with Crippen LogP contribution in [0.4, 0.5) is 0 Å². The summed E-state index contributed by atoms with van der Waals surface area (Å²) >= 11 is 0. The number of carbonyl (C=O) groups excluding carboxylic acids is 1. The number of carbonyl (C=O) groups is 1. The third-order valence-corrected chi connectivity index (χ3v) is 3.40. The van der Waals surface area contributed by atoms with Gasteiger partial charge in [0.15, 0.2) is 0 Å². The molecule has 1 atom stereocenters. The predicted molar refractivity (Wildman–Crippen MR) is 69.9 cm³/mol. The zero-order valence-electron chi connectivity index (χ0n) is 11.1. The van der Waals surface area contributed by atoms with Gasteiger partial charge in [0.1, 0.15) is 17.3 Å². The number of hydrogen-bond acceptors (Lipinski definition) is 3. The van der Waals surface area contributed by atoms with Crippen molar-refractivity contribution < 1.29 is 4.79 Å². The average molecular weight is 259 g/mol. The molecule has 1 aliphatic heterocycles. The molecule has 2 aromatic heterocycles. The fourth-order valence-electron chi connectivity index (χ4n) is 2.50. The fraction of sp³-hybridized carbons (Fsp3) is 0.462. The molecule has 0 aliphatic carbocycles. The van der Waals surface area contributed by atoms with E-state index in [1.807, 2.05) is 20.0 Å². The number of fused-ring (bicyclic) bond motifs is 1. The van der Waals surface area contributed by atoms with Gasteiger partial charge in [-0.3, -0.25) is 4.79 Å². The van der Waals surface area contributed by atoms with Gasteiger partial charge in [-0.1, -0.05) is 0 Å². The van der Waals surface area contributed by atoms with Crippen LogP contribution < -0.4 is 5.32 Å². The average Bonchev–Trinajstić information content (AvgIpc) is 2.93. The molecule has 19 heavy (non-hydrogen) atoms. The summed E-state index contributed by atoms with van der Waals surface area (Å²) in [7, 11) is 0. The van der Waals surface area contributed by atoms with Crippen LogP contribution in [-0.4, -0.2) is 31.5 Å². The van der Waals surface area contributed by atoms with Crippen LogP contribution in [0.2, 0.25) is 0 Å². The Labute approximate surface area is 111 Å². The second kappa shape index (κ2) is 4.53. The van der Waals surface area contributed by atoms with Crippen molar-refractivity contribution in [3.63, 3.8) is 0 Å². The second-order valence-corrected chi connectivity index (χ2v) is 5.04. The summed E-state index contributed by atoms with van der Waals surface area (Å²) < 4.78 is 2.13. The molecule has 0 unspecified atom stereocenters. The normalized spacial score (nSPS) is 18.1. The number of rotatable bonds is 2. The van der Waals surface area contributed by atoms with Gasteiger partial charge in [-0.25, -0.2) is 9.97 Å². The van der Waals surface area contributed by atoms with Gasteiger partial charge in [0.2, 0.25) is 0 Å². The number of aromatic amines is 1. The van der Waals surface area contributed by atoms with E-state index in [2.05, 4.69) is 24.8 Å². The molecule has 2 N–H and O–H groups in total. The molecule has 3 rings (SSSR count). The molecule has 0 saturated heterocycles. The minimum atomic E-state index is -0.0918. The van der Waals surface area contributed by atoms with Crippen LogP contribution >= 0.6 is 0 Å². The largest absolute Gasteiger partial charge is 0.346 e. The van der Waals surface area contributed by atoms with E-state index < -0.39 is 0 Å². The summed E-state index contributed by atoms with van der Waals surface area (Å²) in [5.74, 6) is 1.77. The number of H-pyrrole nitrogens is 1. The quantitative estimate of drug-likeness (QED) is 0.843. The molecule has 0 radical (unpaired) electrons. The van der Waals surface area contributed by atoms with Crippen LogP contribution in [0.25, 0.3) is 0 Å². The Hall–Kier alpha value is -2.11. The highest BCUT2D eigenvalue weighted by atomic mass is 16.2. The van der Waals surface area contributed by atoms with Crippen LogP contribution in [0.15, 0.2) is 12.4 Å². The SMILES string of the molecule is Cc1cn2c(n1)CC[C@H](NC(=O)c1cnc(C)[nH]1)C2. The van der Waals surface area contributed by atoms with Gasteiger partial charge >= 0.3 is 0 Å². The van der Waals surface area contributed by atoms with Crippen molar-refractivity contribution in [1.29, 1.82) is 0 Å². The molecule has 0 spiro atoms. The lowest BCUT2D eigenvalue weighted by atomic mass is 10.1. The molecular formula is C13H17N5O. The van der Waals surface area contributed by atoms with E-state index in [0.29, 0.717) is 5.69 Å².